The standard InChI is InChI=1S/C14H16FN3O2S/c15-11-4-3-9(16)6-10(11)14-5-1-2-8(14)7-21-12(18-14)17-13(19)20/h3-4,6,8H,1-2,5,7,16H2,(H,17,18)(H,19,20)/t8-,14-/m0/s1. The number of nitrogens with one attached hydrogen (secondary N) is 1. The third-order valence-electron chi connectivity index (χ3n) is 4.18. The van der Waals surface area contributed by atoms with Gasteiger partial charge in [0, 0.05) is 17.0 Å². The van der Waals surface area contributed by atoms with Crippen LogP contribution >= 0.6 is 11.8 Å². The molecule has 1 heterocycles. The molecule has 0 aromatic heterocycles. The van der Waals surface area contributed by atoms with Crippen molar-refractivity contribution in [2.75, 3.05) is 11.5 Å². The second-order valence-electron chi connectivity index (χ2n) is 5.41. The van der Waals surface area contributed by atoms with E-state index in [0.717, 1.165) is 18.6 Å². The van der Waals surface area contributed by atoms with E-state index in [1.165, 1.54) is 23.9 Å². The molecule has 1 aromatic carbocycles. The number of rotatable bonds is 1. The summed E-state index contributed by atoms with van der Waals surface area (Å²) in [5.74, 6) is 0.604. The SMILES string of the molecule is Nc1ccc(F)c([C@]23CCC[C@H]2CSC(NC(=O)O)=N3)c1. The van der Waals surface area contributed by atoms with Gasteiger partial charge in [0.15, 0.2) is 5.17 Å². The maximum atomic E-state index is 14.3. The maximum absolute atomic E-state index is 14.3. The lowest BCUT2D eigenvalue weighted by atomic mass is 9.81. The van der Waals surface area contributed by atoms with Gasteiger partial charge < -0.3 is 10.8 Å². The summed E-state index contributed by atoms with van der Waals surface area (Å²) in [6.45, 7) is 0. The Morgan fingerprint density at radius 2 is 2.38 bits per heavy atom. The monoisotopic (exact) mass is 309 g/mol. The van der Waals surface area contributed by atoms with Crippen LogP contribution < -0.4 is 11.1 Å². The number of carbonyl (C=O) groups is 1. The number of nitrogens with two attached hydrogens (primary N) is 1. The number of benzene rings is 1. The molecule has 2 atom stereocenters. The van der Waals surface area contributed by atoms with E-state index in [1.54, 1.807) is 6.07 Å². The van der Waals surface area contributed by atoms with Crippen LogP contribution in [0.4, 0.5) is 14.9 Å². The molecule has 1 amide bonds. The van der Waals surface area contributed by atoms with Gasteiger partial charge in [-0.3, -0.25) is 10.3 Å². The Hall–Kier alpha value is -1.76. The molecule has 0 spiro atoms. The van der Waals surface area contributed by atoms with Gasteiger partial charge in [0.2, 0.25) is 0 Å². The van der Waals surface area contributed by atoms with Gasteiger partial charge in [-0.1, -0.05) is 18.2 Å². The lowest BCUT2D eigenvalue weighted by molar-refractivity contribution is 0.200. The maximum Gasteiger partial charge on any atom is 0.410 e. The minimum atomic E-state index is -1.15. The van der Waals surface area contributed by atoms with Crippen molar-refractivity contribution in [3.63, 3.8) is 0 Å². The van der Waals surface area contributed by atoms with Gasteiger partial charge in [-0.05, 0) is 37.0 Å². The van der Waals surface area contributed by atoms with E-state index in [2.05, 4.69) is 10.3 Å². The van der Waals surface area contributed by atoms with Crippen molar-refractivity contribution < 1.29 is 14.3 Å². The number of carboxylic acid groups (broad SMARTS) is 1. The first-order valence-corrected chi connectivity index (χ1v) is 7.78. The Bertz CT molecular complexity index is 622. The Labute approximate surface area is 125 Å². The molecule has 0 bridgehead atoms. The normalized spacial score (nSPS) is 27.9. The van der Waals surface area contributed by atoms with Crippen LogP contribution in [0.15, 0.2) is 23.2 Å². The van der Waals surface area contributed by atoms with Crippen molar-refractivity contribution in [1.82, 2.24) is 5.32 Å². The number of aliphatic imine (C=N–C) groups is 1. The molecule has 1 fully saturated rings. The molecular weight excluding hydrogens is 293 g/mol. The quantitative estimate of drug-likeness (QED) is 0.696. The molecule has 7 heteroatoms. The van der Waals surface area contributed by atoms with Crippen molar-refractivity contribution >= 4 is 28.7 Å². The summed E-state index contributed by atoms with van der Waals surface area (Å²) in [5.41, 5.74) is 6.08. The number of fused-ring (bicyclic) bond motifs is 1. The number of nitrogen functional groups attached to an aromatic ring is 1. The van der Waals surface area contributed by atoms with E-state index in [0.29, 0.717) is 22.8 Å². The molecule has 1 saturated carbocycles. The predicted molar refractivity (Wildman–Crippen MR) is 80.9 cm³/mol. The first-order valence-electron chi connectivity index (χ1n) is 6.79. The van der Waals surface area contributed by atoms with Crippen molar-refractivity contribution in [3.8, 4) is 0 Å². The van der Waals surface area contributed by atoms with Crippen LogP contribution in [-0.4, -0.2) is 22.1 Å². The van der Waals surface area contributed by atoms with Gasteiger partial charge in [-0.25, -0.2) is 9.18 Å². The molecule has 4 N–H and O–H groups in total. The lowest BCUT2D eigenvalue weighted by Crippen LogP contribution is -2.40. The second kappa shape index (κ2) is 5.22. The summed E-state index contributed by atoms with van der Waals surface area (Å²) in [7, 11) is 0. The van der Waals surface area contributed by atoms with Crippen LogP contribution in [0.25, 0.3) is 0 Å². The fourth-order valence-corrected chi connectivity index (χ4v) is 4.46. The average Bonchev–Trinajstić information content (AvgIpc) is 2.84. The van der Waals surface area contributed by atoms with E-state index >= 15 is 0 Å². The first kappa shape index (κ1) is 14.2. The molecule has 0 unspecified atom stereocenters. The van der Waals surface area contributed by atoms with Crippen LogP contribution in [0.1, 0.15) is 24.8 Å². The fourth-order valence-electron chi connectivity index (χ4n) is 3.27. The van der Waals surface area contributed by atoms with Gasteiger partial charge >= 0.3 is 6.09 Å². The molecule has 1 aliphatic heterocycles. The molecular formula is C14H16FN3O2S. The molecule has 0 radical (unpaired) electrons. The van der Waals surface area contributed by atoms with Gasteiger partial charge in [-0.2, -0.15) is 0 Å². The largest absolute Gasteiger partial charge is 0.465 e. The van der Waals surface area contributed by atoms with E-state index in [-0.39, 0.29) is 11.7 Å². The summed E-state index contributed by atoms with van der Waals surface area (Å²) in [6, 6.07) is 4.51. The molecule has 112 valence electrons. The van der Waals surface area contributed by atoms with Gasteiger partial charge in [-0.15, -0.1) is 0 Å². The van der Waals surface area contributed by atoms with Crippen LogP contribution in [0.2, 0.25) is 0 Å². The Kier molecular flexibility index (Phi) is 3.52. The fraction of sp³-hybridized carbons (Fsp3) is 0.429. The van der Waals surface area contributed by atoms with Gasteiger partial charge in [0.05, 0.1) is 5.54 Å². The minimum absolute atomic E-state index is 0.207. The highest BCUT2D eigenvalue weighted by atomic mass is 32.2. The third-order valence-corrected chi connectivity index (χ3v) is 5.21. The summed E-state index contributed by atoms with van der Waals surface area (Å²) < 4.78 is 14.3. The number of amidine groups is 1. The minimum Gasteiger partial charge on any atom is -0.465 e. The van der Waals surface area contributed by atoms with E-state index < -0.39 is 11.6 Å². The highest BCUT2D eigenvalue weighted by Gasteiger charge is 2.48. The molecule has 1 aromatic rings. The highest BCUT2D eigenvalue weighted by molar-refractivity contribution is 8.13. The summed E-state index contributed by atoms with van der Waals surface area (Å²) in [6.07, 6.45) is 1.47. The molecule has 0 saturated heterocycles. The number of hydrogen-bond acceptors (Lipinski definition) is 4. The van der Waals surface area contributed by atoms with Crippen LogP contribution in [0.3, 0.4) is 0 Å². The summed E-state index contributed by atoms with van der Waals surface area (Å²) in [4.78, 5) is 15.4. The number of thioether (sulfide) groups is 1. The number of amides is 1. The molecule has 2 aliphatic rings. The number of halogens is 1. The van der Waals surface area contributed by atoms with E-state index in [9.17, 15) is 9.18 Å². The molecule has 21 heavy (non-hydrogen) atoms. The molecule has 1 aliphatic carbocycles. The van der Waals surface area contributed by atoms with E-state index in [4.69, 9.17) is 10.8 Å². The highest BCUT2D eigenvalue weighted by Crippen LogP contribution is 2.51. The third kappa shape index (κ3) is 2.46. The van der Waals surface area contributed by atoms with E-state index in [1.807, 2.05) is 0 Å². The topological polar surface area (TPSA) is 87.7 Å². The molecule has 3 rings (SSSR count). The summed E-state index contributed by atoms with van der Waals surface area (Å²) >= 11 is 1.38. The Morgan fingerprint density at radius 3 is 3.14 bits per heavy atom. The van der Waals surface area contributed by atoms with Gasteiger partial charge in [0.25, 0.3) is 0 Å². The van der Waals surface area contributed by atoms with Crippen molar-refractivity contribution in [1.29, 1.82) is 0 Å². The zero-order chi connectivity index (χ0) is 15.0. The smallest absolute Gasteiger partial charge is 0.410 e. The molecule has 5 nitrogen and oxygen atoms in total. The van der Waals surface area contributed by atoms with Crippen molar-refractivity contribution in [3.05, 3.63) is 29.6 Å². The predicted octanol–water partition coefficient (Wildman–Crippen LogP) is 2.77. The zero-order valence-electron chi connectivity index (χ0n) is 11.3. The lowest BCUT2D eigenvalue weighted by Gasteiger charge is -2.36. The van der Waals surface area contributed by atoms with Crippen LogP contribution in [0, 0.1) is 11.7 Å². The van der Waals surface area contributed by atoms with Crippen molar-refractivity contribution in [2.45, 2.75) is 24.8 Å². The number of hydrogen-bond donors (Lipinski definition) is 3. The average molecular weight is 309 g/mol. The second-order valence-corrected chi connectivity index (χ2v) is 6.42. The zero-order valence-corrected chi connectivity index (χ0v) is 12.1. The summed E-state index contributed by atoms with van der Waals surface area (Å²) in [5, 5.41) is 11.5. The number of nitrogens with zero attached hydrogens (tertiary/aromatic N) is 1. The van der Waals surface area contributed by atoms with Gasteiger partial charge in [0.1, 0.15) is 5.82 Å². The first-order chi connectivity index (χ1) is 10.0. The van der Waals surface area contributed by atoms with Crippen LogP contribution in [-0.2, 0) is 5.54 Å². The number of anilines is 1. The Balaban J connectivity index is 2.09. The van der Waals surface area contributed by atoms with Crippen LogP contribution in [0.5, 0.6) is 0 Å². The van der Waals surface area contributed by atoms with Crippen molar-refractivity contribution in [2.24, 2.45) is 10.9 Å². The Morgan fingerprint density at radius 1 is 1.57 bits per heavy atom.